The van der Waals surface area contributed by atoms with Gasteiger partial charge < -0.3 is 14.2 Å². The number of halogens is 2. The molecule has 9 heteroatoms. The highest BCUT2D eigenvalue weighted by molar-refractivity contribution is 6.39. The highest BCUT2D eigenvalue weighted by Crippen LogP contribution is 2.30. The summed E-state index contributed by atoms with van der Waals surface area (Å²) in [5, 5.41) is 0.0405. The lowest BCUT2D eigenvalue weighted by Crippen LogP contribution is -2.18. The van der Waals surface area contributed by atoms with Crippen molar-refractivity contribution in [2.45, 2.75) is 20.0 Å². The number of nitrogens with zero attached hydrogens (tertiary/aromatic N) is 2. The molecule has 0 N–H and O–H groups in total. The zero-order valence-corrected chi connectivity index (χ0v) is 16.0. The van der Waals surface area contributed by atoms with Gasteiger partial charge >= 0.3 is 5.97 Å². The van der Waals surface area contributed by atoms with Gasteiger partial charge in [0.2, 0.25) is 23.4 Å². The molecule has 0 saturated heterocycles. The Labute approximate surface area is 160 Å². The minimum absolute atomic E-state index is 0.0143. The van der Waals surface area contributed by atoms with Crippen LogP contribution in [0.15, 0.2) is 18.2 Å². The number of hydrogen-bond donors (Lipinski definition) is 0. The smallest absolute Gasteiger partial charge is 0.340 e. The van der Waals surface area contributed by atoms with E-state index in [0.717, 1.165) is 0 Å². The van der Waals surface area contributed by atoms with Gasteiger partial charge in [0.25, 0.3) is 0 Å². The molecule has 0 unspecified atom stereocenters. The van der Waals surface area contributed by atoms with E-state index >= 15 is 0 Å². The Morgan fingerprint density at radius 1 is 0.962 bits per heavy atom. The van der Waals surface area contributed by atoms with Crippen molar-refractivity contribution in [3.05, 3.63) is 45.2 Å². The molecule has 2 aromatic rings. The second kappa shape index (κ2) is 8.33. The zero-order chi connectivity index (χ0) is 19.4. The van der Waals surface area contributed by atoms with Crippen LogP contribution < -0.4 is 9.47 Å². The van der Waals surface area contributed by atoms with Crippen LogP contribution in [0.4, 0.5) is 0 Å². The number of esters is 1. The predicted molar refractivity (Wildman–Crippen MR) is 95.6 cm³/mol. The quantitative estimate of drug-likeness (QED) is 0.542. The SMILES string of the molecule is COc1cc(OC)nc(C(=O)c2c(Cl)ccc(Cl)c2C(=O)OC(C)C)n1. The molecule has 1 heterocycles. The van der Waals surface area contributed by atoms with E-state index < -0.39 is 17.9 Å². The number of ether oxygens (including phenoxy) is 3. The highest BCUT2D eigenvalue weighted by atomic mass is 35.5. The van der Waals surface area contributed by atoms with Crippen molar-refractivity contribution >= 4 is 35.0 Å². The number of benzene rings is 1. The van der Waals surface area contributed by atoms with Crippen molar-refractivity contribution in [3.8, 4) is 11.8 Å². The van der Waals surface area contributed by atoms with E-state index in [4.69, 9.17) is 37.4 Å². The van der Waals surface area contributed by atoms with E-state index in [-0.39, 0.29) is 38.8 Å². The molecule has 0 bridgehead atoms. The molecule has 1 aromatic heterocycles. The Kier molecular flexibility index (Phi) is 6.39. The minimum atomic E-state index is -0.772. The summed E-state index contributed by atoms with van der Waals surface area (Å²) >= 11 is 12.3. The van der Waals surface area contributed by atoms with E-state index in [1.165, 1.54) is 32.4 Å². The summed E-state index contributed by atoms with van der Waals surface area (Å²) in [7, 11) is 2.77. The summed E-state index contributed by atoms with van der Waals surface area (Å²) in [5.41, 5.74) is -0.302. The first-order valence-corrected chi connectivity index (χ1v) is 8.24. The molecule has 0 aliphatic rings. The van der Waals surface area contributed by atoms with Crippen LogP contribution in [0, 0.1) is 0 Å². The topological polar surface area (TPSA) is 87.6 Å². The molecule has 2 rings (SSSR count). The molecule has 1 aromatic carbocycles. The maximum Gasteiger partial charge on any atom is 0.340 e. The molecule has 26 heavy (non-hydrogen) atoms. The molecule has 0 radical (unpaired) electrons. The van der Waals surface area contributed by atoms with Crippen molar-refractivity contribution in [1.82, 2.24) is 9.97 Å². The fourth-order valence-corrected chi connectivity index (χ4v) is 2.55. The lowest BCUT2D eigenvalue weighted by molar-refractivity contribution is 0.0376. The van der Waals surface area contributed by atoms with Crippen LogP contribution in [0.2, 0.25) is 10.0 Å². The Bertz CT molecular complexity index is 833. The lowest BCUT2D eigenvalue weighted by Gasteiger charge is -2.14. The first-order valence-electron chi connectivity index (χ1n) is 7.49. The second-order valence-electron chi connectivity index (χ2n) is 5.34. The van der Waals surface area contributed by atoms with Gasteiger partial charge in [-0.2, -0.15) is 9.97 Å². The molecule has 0 spiro atoms. The number of carbonyl (C=O) groups excluding carboxylic acids is 2. The third kappa shape index (κ3) is 4.23. The number of methoxy groups -OCH3 is 2. The standard InChI is InChI=1S/C17H16Cl2N2O5/c1-8(2)26-17(23)14-10(19)6-5-9(18)13(14)15(22)16-20-11(24-3)7-12(21-16)25-4/h5-8H,1-4H3. The van der Waals surface area contributed by atoms with Crippen LogP contribution in [-0.2, 0) is 4.74 Å². The molecule has 138 valence electrons. The highest BCUT2D eigenvalue weighted by Gasteiger charge is 2.28. The van der Waals surface area contributed by atoms with Crippen LogP contribution in [-0.4, -0.2) is 42.0 Å². The molecule has 0 atom stereocenters. The maximum absolute atomic E-state index is 13.0. The van der Waals surface area contributed by atoms with Crippen LogP contribution in [0.5, 0.6) is 11.8 Å². The number of carbonyl (C=O) groups is 2. The molecule has 0 fully saturated rings. The fraction of sp³-hybridized carbons (Fsp3) is 0.294. The van der Waals surface area contributed by atoms with Gasteiger partial charge in [-0.3, -0.25) is 4.79 Å². The molecular weight excluding hydrogens is 383 g/mol. The van der Waals surface area contributed by atoms with Crippen molar-refractivity contribution in [2.24, 2.45) is 0 Å². The van der Waals surface area contributed by atoms with Gasteiger partial charge in [-0.1, -0.05) is 23.2 Å². The van der Waals surface area contributed by atoms with Crippen LogP contribution in [0.1, 0.15) is 40.4 Å². The van der Waals surface area contributed by atoms with Crippen LogP contribution in [0.3, 0.4) is 0 Å². The average Bonchev–Trinajstić information content (AvgIpc) is 2.61. The zero-order valence-electron chi connectivity index (χ0n) is 14.5. The average molecular weight is 399 g/mol. The summed E-state index contributed by atoms with van der Waals surface area (Å²) in [6, 6.07) is 4.22. The number of hydrogen-bond acceptors (Lipinski definition) is 7. The summed E-state index contributed by atoms with van der Waals surface area (Å²) in [5.74, 6) is -1.52. The fourth-order valence-electron chi connectivity index (χ4n) is 2.07. The van der Waals surface area contributed by atoms with Crippen molar-refractivity contribution in [2.75, 3.05) is 14.2 Å². The third-order valence-electron chi connectivity index (χ3n) is 3.18. The van der Waals surface area contributed by atoms with Gasteiger partial charge in [-0.05, 0) is 26.0 Å². The van der Waals surface area contributed by atoms with E-state index in [0.29, 0.717) is 0 Å². The summed E-state index contributed by atoms with van der Waals surface area (Å²) in [6.45, 7) is 3.35. The van der Waals surface area contributed by atoms with Gasteiger partial charge in [-0.15, -0.1) is 0 Å². The maximum atomic E-state index is 13.0. The van der Waals surface area contributed by atoms with Gasteiger partial charge in [0, 0.05) is 0 Å². The first-order chi connectivity index (χ1) is 12.3. The van der Waals surface area contributed by atoms with Gasteiger partial charge in [-0.25, -0.2) is 4.79 Å². The Morgan fingerprint density at radius 3 is 1.92 bits per heavy atom. The van der Waals surface area contributed by atoms with E-state index in [1.54, 1.807) is 13.8 Å². The molecule has 0 aliphatic carbocycles. The van der Waals surface area contributed by atoms with E-state index in [9.17, 15) is 9.59 Å². The monoisotopic (exact) mass is 398 g/mol. The van der Waals surface area contributed by atoms with Crippen molar-refractivity contribution < 1.29 is 23.8 Å². The lowest BCUT2D eigenvalue weighted by atomic mass is 10.0. The summed E-state index contributed by atoms with van der Waals surface area (Å²) in [6.07, 6.45) is -0.409. The Hall–Kier alpha value is -2.38. The molecule has 0 amide bonds. The van der Waals surface area contributed by atoms with Gasteiger partial charge in [0.05, 0.1) is 47.6 Å². The van der Waals surface area contributed by atoms with Crippen molar-refractivity contribution in [1.29, 1.82) is 0 Å². The van der Waals surface area contributed by atoms with E-state index in [1.807, 2.05) is 0 Å². The Balaban J connectivity index is 2.63. The minimum Gasteiger partial charge on any atom is -0.481 e. The van der Waals surface area contributed by atoms with Crippen LogP contribution in [0.25, 0.3) is 0 Å². The van der Waals surface area contributed by atoms with Crippen molar-refractivity contribution in [3.63, 3.8) is 0 Å². The molecule has 7 nitrogen and oxygen atoms in total. The molecule has 0 aliphatic heterocycles. The van der Waals surface area contributed by atoms with Gasteiger partial charge in [0.1, 0.15) is 0 Å². The van der Waals surface area contributed by atoms with Crippen LogP contribution >= 0.6 is 23.2 Å². The summed E-state index contributed by atoms with van der Waals surface area (Å²) < 4.78 is 15.2. The third-order valence-corrected chi connectivity index (χ3v) is 3.81. The first kappa shape index (κ1) is 19.9. The number of ketones is 1. The number of rotatable bonds is 6. The Morgan fingerprint density at radius 2 is 1.46 bits per heavy atom. The van der Waals surface area contributed by atoms with Gasteiger partial charge in [0.15, 0.2) is 0 Å². The molecule has 0 saturated carbocycles. The predicted octanol–water partition coefficient (Wildman–Crippen LogP) is 3.60. The van der Waals surface area contributed by atoms with E-state index in [2.05, 4.69) is 9.97 Å². The molecular formula is C17H16Cl2N2O5. The summed E-state index contributed by atoms with van der Waals surface area (Å²) in [4.78, 5) is 33.4. The number of aromatic nitrogens is 2. The normalized spacial score (nSPS) is 10.6. The second-order valence-corrected chi connectivity index (χ2v) is 6.15. The largest absolute Gasteiger partial charge is 0.481 e.